The summed E-state index contributed by atoms with van der Waals surface area (Å²) in [6.07, 6.45) is 5.18. The van der Waals surface area contributed by atoms with E-state index in [1.807, 2.05) is 49.9 Å². The van der Waals surface area contributed by atoms with Gasteiger partial charge in [0.15, 0.2) is 0 Å². The summed E-state index contributed by atoms with van der Waals surface area (Å²) in [6, 6.07) is 8.13. The normalized spacial score (nSPS) is 25.3. The third-order valence-corrected chi connectivity index (χ3v) is 5.01. The molecule has 0 spiro atoms. The minimum absolute atomic E-state index is 0.0571. The lowest BCUT2D eigenvalue weighted by molar-refractivity contribution is -0.00759. The van der Waals surface area contributed by atoms with Crippen molar-refractivity contribution in [3.05, 3.63) is 30.5 Å². The number of piperidine rings is 1. The molecule has 3 atom stereocenters. The van der Waals surface area contributed by atoms with Crippen molar-refractivity contribution in [2.24, 2.45) is 0 Å². The number of fused-ring (bicyclic) bond motifs is 3. The molecule has 0 N–H and O–H groups in total. The van der Waals surface area contributed by atoms with E-state index in [1.54, 1.807) is 6.20 Å². The van der Waals surface area contributed by atoms with E-state index >= 15 is 0 Å². The molecule has 6 nitrogen and oxygen atoms in total. The Morgan fingerprint density at radius 1 is 1.12 bits per heavy atom. The number of carbonyl (C=O) groups is 1. The number of para-hydroxylation sites is 2. The van der Waals surface area contributed by atoms with Gasteiger partial charge in [0, 0.05) is 24.9 Å². The summed E-state index contributed by atoms with van der Waals surface area (Å²) in [6.45, 7) is 5.71. The van der Waals surface area contributed by atoms with Crippen molar-refractivity contribution in [2.45, 2.75) is 70.2 Å². The van der Waals surface area contributed by atoms with Crippen LogP contribution in [-0.4, -0.2) is 44.7 Å². The standard InChI is InChI=1S/C20H25N3O3/c1-20(2,3)26-19(24)23-13-8-9-14(23)11-15(10-13)25-18-12-21-16-6-4-5-7-17(16)22-18/h4-7,12-15H,8-11H2,1-3H3/t13-,14+,15?. The van der Waals surface area contributed by atoms with Gasteiger partial charge in [-0.3, -0.25) is 0 Å². The predicted octanol–water partition coefficient (Wildman–Crippen LogP) is 3.94. The minimum Gasteiger partial charge on any atom is -0.473 e. The van der Waals surface area contributed by atoms with Crippen LogP contribution in [-0.2, 0) is 4.74 Å². The zero-order chi connectivity index (χ0) is 18.3. The molecule has 2 aromatic rings. The lowest BCUT2D eigenvalue weighted by atomic mass is 10.0. The molecule has 138 valence electrons. The van der Waals surface area contributed by atoms with Gasteiger partial charge in [-0.1, -0.05) is 12.1 Å². The number of rotatable bonds is 2. The van der Waals surface area contributed by atoms with Gasteiger partial charge in [0.25, 0.3) is 0 Å². The number of ether oxygens (including phenoxy) is 2. The van der Waals surface area contributed by atoms with Crippen LogP contribution in [0.4, 0.5) is 4.79 Å². The fourth-order valence-electron chi connectivity index (χ4n) is 4.00. The summed E-state index contributed by atoms with van der Waals surface area (Å²) < 4.78 is 11.7. The van der Waals surface area contributed by atoms with Gasteiger partial charge in [-0.05, 0) is 45.7 Å². The Morgan fingerprint density at radius 3 is 2.42 bits per heavy atom. The quantitative estimate of drug-likeness (QED) is 0.816. The molecule has 2 saturated heterocycles. The molecule has 1 aromatic heterocycles. The molecule has 2 bridgehead atoms. The molecule has 6 heteroatoms. The molecule has 0 aliphatic carbocycles. The fraction of sp³-hybridized carbons (Fsp3) is 0.550. The molecule has 1 amide bonds. The summed E-state index contributed by atoms with van der Waals surface area (Å²) in [5.74, 6) is 0.554. The van der Waals surface area contributed by atoms with Crippen LogP contribution >= 0.6 is 0 Å². The highest BCUT2D eigenvalue weighted by molar-refractivity contribution is 5.74. The number of hydrogen-bond acceptors (Lipinski definition) is 5. The number of amides is 1. The molecule has 0 radical (unpaired) electrons. The van der Waals surface area contributed by atoms with Crippen LogP contribution in [0, 0.1) is 0 Å². The highest BCUT2D eigenvalue weighted by atomic mass is 16.6. The Hall–Kier alpha value is -2.37. The van der Waals surface area contributed by atoms with Crippen LogP contribution in [0.25, 0.3) is 11.0 Å². The highest BCUT2D eigenvalue weighted by Gasteiger charge is 2.45. The molecule has 2 aliphatic heterocycles. The first-order valence-electron chi connectivity index (χ1n) is 9.29. The summed E-state index contributed by atoms with van der Waals surface area (Å²) in [5, 5.41) is 0. The zero-order valence-electron chi connectivity index (χ0n) is 15.5. The van der Waals surface area contributed by atoms with Gasteiger partial charge in [0.1, 0.15) is 11.7 Å². The maximum absolute atomic E-state index is 12.5. The van der Waals surface area contributed by atoms with E-state index in [4.69, 9.17) is 9.47 Å². The monoisotopic (exact) mass is 355 g/mol. The molecule has 1 aromatic carbocycles. The Kier molecular flexibility index (Phi) is 4.21. The Bertz CT molecular complexity index is 803. The summed E-state index contributed by atoms with van der Waals surface area (Å²) in [5.41, 5.74) is 1.23. The first-order valence-corrected chi connectivity index (χ1v) is 9.29. The van der Waals surface area contributed by atoms with Gasteiger partial charge >= 0.3 is 6.09 Å². The van der Waals surface area contributed by atoms with Crippen molar-refractivity contribution in [1.29, 1.82) is 0 Å². The minimum atomic E-state index is -0.468. The van der Waals surface area contributed by atoms with Gasteiger partial charge in [0.05, 0.1) is 17.2 Å². The molecule has 2 fully saturated rings. The van der Waals surface area contributed by atoms with Gasteiger partial charge < -0.3 is 14.4 Å². The van der Waals surface area contributed by atoms with E-state index in [9.17, 15) is 4.79 Å². The summed E-state index contributed by atoms with van der Waals surface area (Å²) in [7, 11) is 0. The third-order valence-electron chi connectivity index (χ3n) is 5.01. The summed E-state index contributed by atoms with van der Waals surface area (Å²) in [4.78, 5) is 23.4. The highest BCUT2D eigenvalue weighted by Crippen LogP contribution is 2.38. The molecule has 0 saturated carbocycles. The van der Waals surface area contributed by atoms with Crippen LogP contribution < -0.4 is 4.74 Å². The number of carbonyl (C=O) groups excluding carboxylic acids is 1. The smallest absolute Gasteiger partial charge is 0.410 e. The zero-order valence-corrected chi connectivity index (χ0v) is 15.5. The number of benzene rings is 1. The van der Waals surface area contributed by atoms with Crippen LogP contribution in [0.15, 0.2) is 30.5 Å². The fourth-order valence-corrected chi connectivity index (χ4v) is 4.00. The molecular weight excluding hydrogens is 330 g/mol. The second-order valence-corrected chi connectivity index (χ2v) is 8.18. The molecule has 4 rings (SSSR count). The number of aromatic nitrogens is 2. The predicted molar refractivity (Wildman–Crippen MR) is 98.1 cm³/mol. The van der Waals surface area contributed by atoms with E-state index in [0.717, 1.165) is 36.7 Å². The molecule has 26 heavy (non-hydrogen) atoms. The van der Waals surface area contributed by atoms with E-state index < -0.39 is 5.60 Å². The van der Waals surface area contributed by atoms with Crippen LogP contribution in [0.3, 0.4) is 0 Å². The van der Waals surface area contributed by atoms with Crippen molar-refractivity contribution < 1.29 is 14.3 Å². The van der Waals surface area contributed by atoms with Crippen molar-refractivity contribution in [2.75, 3.05) is 0 Å². The van der Waals surface area contributed by atoms with Crippen LogP contribution in [0.5, 0.6) is 5.88 Å². The Balaban J connectivity index is 1.44. The Labute approximate surface area is 153 Å². The molecular formula is C20H25N3O3. The van der Waals surface area contributed by atoms with Crippen LogP contribution in [0.2, 0.25) is 0 Å². The third kappa shape index (κ3) is 3.45. The second kappa shape index (κ2) is 6.41. The van der Waals surface area contributed by atoms with Gasteiger partial charge in [0.2, 0.25) is 5.88 Å². The van der Waals surface area contributed by atoms with Gasteiger partial charge in [-0.25, -0.2) is 14.8 Å². The lowest BCUT2D eigenvalue weighted by Gasteiger charge is -2.39. The molecule has 3 heterocycles. The van der Waals surface area contributed by atoms with E-state index in [0.29, 0.717) is 5.88 Å². The molecule has 1 unspecified atom stereocenters. The lowest BCUT2D eigenvalue weighted by Crippen LogP contribution is -2.50. The average Bonchev–Trinajstić information content (AvgIpc) is 2.85. The second-order valence-electron chi connectivity index (χ2n) is 8.18. The van der Waals surface area contributed by atoms with E-state index in [2.05, 4.69) is 9.97 Å². The number of nitrogens with zero attached hydrogens (tertiary/aromatic N) is 3. The average molecular weight is 355 g/mol. The van der Waals surface area contributed by atoms with Gasteiger partial charge in [-0.2, -0.15) is 0 Å². The van der Waals surface area contributed by atoms with Gasteiger partial charge in [-0.15, -0.1) is 0 Å². The maximum Gasteiger partial charge on any atom is 0.410 e. The largest absolute Gasteiger partial charge is 0.473 e. The maximum atomic E-state index is 12.5. The SMILES string of the molecule is CC(C)(C)OC(=O)N1[C@@H]2CC[C@H]1CC(Oc1cnc3ccccc3n1)C2. The van der Waals surface area contributed by atoms with E-state index in [1.165, 1.54) is 0 Å². The topological polar surface area (TPSA) is 64.5 Å². The van der Waals surface area contributed by atoms with Crippen molar-refractivity contribution in [3.63, 3.8) is 0 Å². The first-order chi connectivity index (χ1) is 12.4. The van der Waals surface area contributed by atoms with Crippen molar-refractivity contribution in [3.8, 4) is 5.88 Å². The number of hydrogen-bond donors (Lipinski definition) is 0. The van der Waals surface area contributed by atoms with Crippen LogP contribution in [0.1, 0.15) is 46.5 Å². The summed E-state index contributed by atoms with van der Waals surface area (Å²) >= 11 is 0. The van der Waals surface area contributed by atoms with Crippen molar-refractivity contribution >= 4 is 17.1 Å². The molecule has 2 aliphatic rings. The first kappa shape index (κ1) is 17.1. The van der Waals surface area contributed by atoms with Crippen molar-refractivity contribution in [1.82, 2.24) is 14.9 Å². The van der Waals surface area contributed by atoms with E-state index in [-0.39, 0.29) is 24.3 Å². The Morgan fingerprint density at radius 2 is 1.77 bits per heavy atom.